The van der Waals surface area contributed by atoms with E-state index in [-0.39, 0.29) is 19.5 Å². The fourth-order valence-corrected chi connectivity index (χ4v) is 3.34. The van der Waals surface area contributed by atoms with Crippen LogP contribution >= 0.6 is 0 Å². The standard InChI is InChI=1S/C14H29NO11.C2H6O/c1-2-26-12(8(21)3-16)14(10(23)5-18,11(24)6-19)13(7-20,15-25)9(22)4-17;1-2-3/h7-12,15-19,21-25H,2-6H2,1H3;3H,2H2,1H3. The maximum absolute atomic E-state index is 11.9. The lowest BCUT2D eigenvalue weighted by molar-refractivity contribution is -0.264. The summed E-state index contributed by atoms with van der Waals surface area (Å²) in [6, 6.07) is 0. The van der Waals surface area contributed by atoms with Gasteiger partial charge < -0.3 is 60.7 Å². The first kappa shape index (κ1) is 30.4. The minimum Gasteiger partial charge on any atom is -0.397 e. The number of aldehydes is 1. The summed E-state index contributed by atoms with van der Waals surface area (Å²) in [5.74, 6) is 0. The Morgan fingerprint density at radius 2 is 1.28 bits per heavy atom. The van der Waals surface area contributed by atoms with Crippen molar-refractivity contribution in [3.05, 3.63) is 0 Å². The van der Waals surface area contributed by atoms with Crippen LogP contribution in [0.2, 0.25) is 0 Å². The minimum absolute atomic E-state index is 0.165. The normalized spacial score (nSPS) is 20.8. The number of hydroxylamine groups is 1. The monoisotopic (exact) mass is 433 g/mol. The summed E-state index contributed by atoms with van der Waals surface area (Å²) in [5.41, 5.74) is -4.13. The lowest BCUT2D eigenvalue weighted by Gasteiger charge is -2.56. The molecule has 0 aromatic rings. The lowest BCUT2D eigenvalue weighted by atomic mass is 9.56. The van der Waals surface area contributed by atoms with Crippen molar-refractivity contribution in [2.75, 3.05) is 39.6 Å². The van der Waals surface area contributed by atoms with Crippen LogP contribution < -0.4 is 5.48 Å². The molecule has 6 atom stereocenters. The van der Waals surface area contributed by atoms with Gasteiger partial charge >= 0.3 is 0 Å². The summed E-state index contributed by atoms with van der Waals surface area (Å²) in [6.45, 7) is -1.36. The molecule has 13 nitrogen and oxygen atoms in total. The molecular weight excluding hydrogens is 398 g/mol. The van der Waals surface area contributed by atoms with Crippen LogP contribution in [0.3, 0.4) is 0 Å². The average Bonchev–Trinajstić information content (AvgIpc) is 2.74. The third kappa shape index (κ3) is 6.10. The molecule has 0 aliphatic heterocycles. The Labute approximate surface area is 168 Å². The molecular formula is C16H35NO12. The molecule has 0 fully saturated rings. The van der Waals surface area contributed by atoms with Gasteiger partial charge in [0.15, 0.2) is 0 Å². The summed E-state index contributed by atoms with van der Waals surface area (Å²) in [4.78, 5) is 11.9. The highest BCUT2D eigenvalue weighted by molar-refractivity contribution is 5.68. The van der Waals surface area contributed by atoms with Gasteiger partial charge in [0, 0.05) is 13.2 Å². The Hall–Kier alpha value is -0.810. The fourth-order valence-electron chi connectivity index (χ4n) is 3.34. The van der Waals surface area contributed by atoms with Gasteiger partial charge in [-0.3, -0.25) is 0 Å². The highest BCUT2D eigenvalue weighted by Crippen LogP contribution is 2.45. The van der Waals surface area contributed by atoms with Crippen molar-refractivity contribution < 1.29 is 60.7 Å². The zero-order chi connectivity index (χ0) is 23.3. The number of aliphatic hydroxyl groups excluding tert-OH is 9. The van der Waals surface area contributed by atoms with Crippen LogP contribution in [0.4, 0.5) is 0 Å². The molecule has 0 aliphatic carbocycles. The van der Waals surface area contributed by atoms with Crippen LogP contribution in [0.1, 0.15) is 13.8 Å². The van der Waals surface area contributed by atoms with Crippen molar-refractivity contribution in [2.45, 2.75) is 49.9 Å². The lowest BCUT2D eigenvalue weighted by Crippen LogP contribution is -2.79. The highest BCUT2D eigenvalue weighted by Gasteiger charge is 2.68. The molecule has 0 bridgehead atoms. The molecule has 29 heavy (non-hydrogen) atoms. The molecule has 0 aromatic carbocycles. The Balaban J connectivity index is 0. The molecule has 0 radical (unpaired) electrons. The quantitative estimate of drug-likeness (QED) is 0.0907. The maximum atomic E-state index is 11.9. The van der Waals surface area contributed by atoms with Gasteiger partial charge in [0.1, 0.15) is 24.0 Å². The number of hydrogen-bond donors (Lipinski definition) is 11. The molecule has 176 valence electrons. The number of carbonyl (C=O) groups excluding carboxylic acids is 1. The van der Waals surface area contributed by atoms with E-state index >= 15 is 0 Å². The van der Waals surface area contributed by atoms with E-state index in [1.807, 2.05) is 0 Å². The first-order valence-corrected chi connectivity index (χ1v) is 8.92. The summed E-state index contributed by atoms with van der Waals surface area (Å²) in [7, 11) is 0. The summed E-state index contributed by atoms with van der Waals surface area (Å²) < 4.78 is 5.26. The number of nitrogens with one attached hydrogen (secondary N) is 1. The molecule has 0 heterocycles. The Kier molecular flexibility index (Phi) is 15.8. The van der Waals surface area contributed by atoms with Crippen LogP contribution in [-0.2, 0) is 9.53 Å². The van der Waals surface area contributed by atoms with Gasteiger partial charge in [-0.05, 0) is 13.8 Å². The first-order valence-electron chi connectivity index (χ1n) is 8.92. The third-order valence-corrected chi connectivity index (χ3v) is 4.59. The van der Waals surface area contributed by atoms with E-state index in [0.717, 1.165) is 0 Å². The van der Waals surface area contributed by atoms with Gasteiger partial charge in [-0.15, -0.1) is 0 Å². The van der Waals surface area contributed by atoms with Gasteiger partial charge in [-0.1, -0.05) is 0 Å². The molecule has 0 saturated heterocycles. The highest BCUT2D eigenvalue weighted by atomic mass is 16.5. The molecule has 0 amide bonds. The van der Waals surface area contributed by atoms with Gasteiger partial charge in [0.25, 0.3) is 0 Å². The fraction of sp³-hybridized carbons (Fsp3) is 0.938. The molecule has 13 heteroatoms. The van der Waals surface area contributed by atoms with Crippen LogP contribution in [0, 0.1) is 5.41 Å². The van der Waals surface area contributed by atoms with E-state index in [1.165, 1.54) is 12.4 Å². The van der Waals surface area contributed by atoms with E-state index in [4.69, 9.17) is 9.84 Å². The first-order chi connectivity index (χ1) is 13.7. The topological polar surface area (TPSA) is 241 Å². The molecule has 0 spiro atoms. The van der Waals surface area contributed by atoms with Gasteiger partial charge in [-0.25, -0.2) is 0 Å². The van der Waals surface area contributed by atoms with Crippen molar-refractivity contribution >= 4 is 6.29 Å². The zero-order valence-corrected chi connectivity index (χ0v) is 16.5. The van der Waals surface area contributed by atoms with Crippen molar-refractivity contribution in [1.82, 2.24) is 5.48 Å². The summed E-state index contributed by atoms with van der Waals surface area (Å²) in [5, 5.41) is 96.0. The zero-order valence-electron chi connectivity index (χ0n) is 16.5. The third-order valence-electron chi connectivity index (χ3n) is 4.59. The number of hydrogen-bond acceptors (Lipinski definition) is 13. The number of aliphatic hydroxyl groups is 9. The van der Waals surface area contributed by atoms with E-state index in [1.54, 1.807) is 6.92 Å². The Morgan fingerprint density at radius 1 is 0.862 bits per heavy atom. The van der Waals surface area contributed by atoms with E-state index in [9.17, 15) is 50.9 Å². The summed E-state index contributed by atoms with van der Waals surface area (Å²) in [6.07, 6.45) is -10.5. The second-order valence-corrected chi connectivity index (χ2v) is 6.07. The van der Waals surface area contributed by atoms with Gasteiger partial charge in [-0.2, -0.15) is 5.48 Å². The minimum atomic E-state index is -2.83. The van der Waals surface area contributed by atoms with E-state index in [2.05, 4.69) is 0 Å². The van der Waals surface area contributed by atoms with Crippen molar-refractivity contribution in [3.63, 3.8) is 0 Å². The molecule has 0 saturated carbocycles. The van der Waals surface area contributed by atoms with Crippen LogP contribution in [-0.4, -0.2) is 133 Å². The average molecular weight is 433 g/mol. The van der Waals surface area contributed by atoms with Crippen LogP contribution in [0.15, 0.2) is 0 Å². The number of carbonyl (C=O) groups is 1. The van der Waals surface area contributed by atoms with Gasteiger partial charge in [0.05, 0.1) is 50.2 Å². The second-order valence-electron chi connectivity index (χ2n) is 6.07. The van der Waals surface area contributed by atoms with Crippen LogP contribution in [0.5, 0.6) is 0 Å². The largest absolute Gasteiger partial charge is 0.397 e. The van der Waals surface area contributed by atoms with Crippen molar-refractivity contribution in [3.8, 4) is 0 Å². The van der Waals surface area contributed by atoms with E-state index in [0.29, 0.717) is 0 Å². The molecule has 0 aliphatic rings. The van der Waals surface area contributed by atoms with Crippen molar-refractivity contribution in [1.29, 1.82) is 0 Å². The maximum Gasteiger partial charge on any atom is 0.145 e. The Morgan fingerprint density at radius 3 is 1.52 bits per heavy atom. The smallest absolute Gasteiger partial charge is 0.145 e. The van der Waals surface area contributed by atoms with Crippen molar-refractivity contribution in [2.24, 2.45) is 5.41 Å². The van der Waals surface area contributed by atoms with E-state index < -0.39 is 67.9 Å². The van der Waals surface area contributed by atoms with Gasteiger partial charge in [0.2, 0.25) is 0 Å². The molecule has 0 aromatic heterocycles. The molecule has 11 N–H and O–H groups in total. The summed E-state index contributed by atoms with van der Waals surface area (Å²) >= 11 is 0. The Bertz CT molecular complexity index is 419. The number of ether oxygens (including phenoxy) is 1. The SMILES string of the molecule is CCO.CCOC(C(O)CO)C(C(O)CO)(C(O)CO)C(C=O)(NO)C(O)CO. The predicted molar refractivity (Wildman–Crippen MR) is 96.7 cm³/mol. The molecule has 0 rings (SSSR count). The second kappa shape index (κ2) is 15.1. The van der Waals surface area contributed by atoms with Crippen LogP contribution in [0.25, 0.3) is 0 Å². The predicted octanol–water partition coefficient (Wildman–Crippen LogP) is -5.29. The molecule has 6 unspecified atom stereocenters. The number of rotatable bonds is 14.